The van der Waals surface area contributed by atoms with Crippen molar-refractivity contribution in [1.29, 1.82) is 5.26 Å². The van der Waals surface area contributed by atoms with E-state index < -0.39 is 0 Å². The molecule has 2 aromatic carbocycles. The van der Waals surface area contributed by atoms with Gasteiger partial charge in [-0.1, -0.05) is 53.5 Å². The van der Waals surface area contributed by atoms with Crippen LogP contribution in [0.3, 0.4) is 0 Å². The maximum absolute atomic E-state index is 10.0. The minimum atomic E-state index is 0.365. The SMILES string of the molecule is CCOc1nc2c(c(-c3ccc(Cl)cc3Cl)c1C#N)-c1ccccc1CCC2. The van der Waals surface area contributed by atoms with E-state index in [1.807, 2.05) is 25.1 Å². The zero-order chi connectivity index (χ0) is 19.7. The van der Waals surface area contributed by atoms with Crippen molar-refractivity contribution in [3.63, 3.8) is 0 Å². The fourth-order valence-corrected chi connectivity index (χ4v) is 4.32. The molecule has 3 nitrogen and oxygen atoms in total. The summed E-state index contributed by atoms with van der Waals surface area (Å²) in [4.78, 5) is 4.75. The number of fused-ring (bicyclic) bond motifs is 3. The second-order valence-corrected chi connectivity index (χ2v) is 7.51. The van der Waals surface area contributed by atoms with E-state index in [0.29, 0.717) is 28.1 Å². The van der Waals surface area contributed by atoms with Gasteiger partial charge in [-0.25, -0.2) is 4.98 Å². The molecule has 1 heterocycles. The average Bonchev–Trinajstić information content (AvgIpc) is 2.87. The van der Waals surface area contributed by atoms with E-state index in [1.54, 1.807) is 12.1 Å². The summed E-state index contributed by atoms with van der Waals surface area (Å²) in [5.74, 6) is 0.365. The van der Waals surface area contributed by atoms with Crippen molar-refractivity contribution in [3.8, 4) is 34.2 Å². The second kappa shape index (κ2) is 7.83. The topological polar surface area (TPSA) is 45.9 Å². The van der Waals surface area contributed by atoms with Gasteiger partial charge in [0.25, 0.3) is 0 Å². The number of aromatic nitrogens is 1. The zero-order valence-corrected chi connectivity index (χ0v) is 16.9. The summed E-state index contributed by atoms with van der Waals surface area (Å²) in [6, 6.07) is 16.0. The first kappa shape index (κ1) is 18.8. The molecule has 0 aliphatic heterocycles. The lowest BCUT2D eigenvalue weighted by molar-refractivity contribution is 0.325. The van der Waals surface area contributed by atoms with Crippen LogP contribution in [-0.2, 0) is 12.8 Å². The van der Waals surface area contributed by atoms with Crippen LogP contribution in [-0.4, -0.2) is 11.6 Å². The number of hydrogen-bond donors (Lipinski definition) is 0. The highest BCUT2D eigenvalue weighted by atomic mass is 35.5. The minimum absolute atomic E-state index is 0.365. The molecule has 5 heteroatoms. The second-order valence-electron chi connectivity index (χ2n) is 6.67. The Hall–Kier alpha value is -2.54. The lowest BCUT2D eigenvalue weighted by Crippen LogP contribution is -2.05. The molecule has 0 fully saturated rings. The molecular weight excluding hydrogens is 391 g/mol. The van der Waals surface area contributed by atoms with Crippen LogP contribution in [0.2, 0.25) is 10.0 Å². The van der Waals surface area contributed by atoms with Crippen molar-refractivity contribution in [1.82, 2.24) is 4.98 Å². The monoisotopic (exact) mass is 408 g/mol. The van der Waals surface area contributed by atoms with Crippen LogP contribution in [0.4, 0.5) is 0 Å². The number of benzene rings is 2. The first-order chi connectivity index (χ1) is 13.6. The largest absolute Gasteiger partial charge is 0.477 e. The van der Waals surface area contributed by atoms with Gasteiger partial charge in [-0.2, -0.15) is 5.26 Å². The Morgan fingerprint density at radius 3 is 2.64 bits per heavy atom. The van der Waals surface area contributed by atoms with E-state index in [1.165, 1.54) is 5.56 Å². The average molecular weight is 409 g/mol. The van der Waals surface area contributed by atoms with Gasteiger partial charge in [-0.3, -0.25) is 0 Å². The van der Waals surface area contributed by atoms with Crippen molar-refractivity contribution in [2.24, 2.45) is 0 Å². The molecule has 4 rings (SSSR count). The number of rotatable bonds is 3. The fourth-order valence-electron chi connectivity index (χ4n) is 3.82. The predicted molar refractivity (Wildman–Crippen MR) is 113 cm³/mol. The maximum Gasteiger partial charge on any atom is 0.232 e. The third-order valence-electron chi connectivity index (χ3n) is 4.98. The molecule has 0 bridgehead atoms. The number of halogens is 2. The van der Waals surface area contributed by atoms with E-state index in [-0.39, 0.29) is 0 Å². The molecule has 1 aliphatic rings. The van der Waals surface area contributed by atoms with Crippen LogP contribution < -0.4 is 4.74 Å². The molecule has 0 radical (unpaired) electrons. The van der Waals surface area contributed by atoms with E-state index in [9.17, 15) is 5.26 Å². The van der Waals surface area contributed by atoms with Crippen LogP contribution in [0, 0.1) is 11.3 Å². The quantitative estimate of drug-likeness (QED) is 0.497. The molecular formula is C23H18Cl2N2O. The fraction of sp³-hybridized carbons (Fsp3) is 0.217. The van der Waals surface area contributed by atoms with Crippen LogP contribution in [0.1, 0.15) is 30.2 Å². The van der Waals surface area contributed by atoms with Gasteiger partial charge in [0.1, 0.15) is 11.6 Å². The number of pyridine rings is 1. The Balaban J connectivity index is 2.14. The highest BCUT2D eigenvalue weighted by Crippen LogP contribution is 2.45. The molecule has 0 N–H and O–H groups in total. The molecule has 3 aromatic rings. The summed E-state index contributed by atoms with van der Waals surface area (Å²) < 4.78 is 5.75. The Morgan fingerprint density at radius 1 is 1.07 bits per heavy atom. The molecule has 140 valence electrons. The van der Waals surface area contributed by atoms with Crippen LogP contribution in [0.25, 0.3) is 22.3 Å². The van der Waals surface area contributed by atoms with Crippen molar-refractivity contribution >= 4 is 23.2 Å². The third-order valence-corrected chi connectivity index (χ3v) is 5.53. The molecule has 28 heavy (non-hydrogen) atoms. The van der Waals surface area contributed by atoms with E-state index in [0.717, 1.165) is 47.2 Å². The number of nitriles is 1. The van der Waals surface area contributed by atoms with Gasteiger partial charge >= 0.3 is 0 Å². The normalized spacial score (nSPS) is 12.5. The number of aryl methyl sites for hydroxylation is 2. The minimum Gasteiger partial charge on any atom is -0.477 e. The van der Waals surface area contributed by atoms with Crippen molar-refractivity contribution in [2.75, 3.05) is 6.61 Å². The van der Waals surface area contributed by atoms with Gasteiger partial charge in [-0.15, -0.1) is 0 Å². The third kappa shape index (κ3) is 3.24. The smallest absolute Gasteiger partial charge is 0.232 e. The molecule has 0 atom stereocenters. The van der Waals surface area contributed by atoms with Crippen molar-refractivity contribution in [3.05, 3.63) is 69.3 Å². The zero-order valence-electron chi connectivity index (χ0n) is 15.4. The number of ether oxygens (including phenoxy) is 1. The van der Waals surface area contributed by atoms with Gasteiger partial charge in [0.05, 0.1) is 12.3 Å². The first-order valence-electron chi connectivity index (χ1n) is 9.27. The molecule has 0 spiro atoms. The number of nitrogens with zero attached hydrogens (tertiary/aromatic N) is 2. The highest BCUT2D eigenvalue weighted by Gasteiger charge is 2.27. The first-order valence-corrected chi connectivity index (χ1v) is 10.0. The summed E-state index contributed by atoms with van der Waals surface area (Å²) in [6.07, 6.45) is 2.77. The summed E-state index contributed by atoms with van der Waals surface area (Å²) in [5.41, 5.74) is 6.20. The molecule has 0 saturated carbocycles. The van der Waals surface area contributed by atoms with Gasteiger partial charge in [0.2, 0.25) is 5.88 Å². The van der Waals surface area contributed by atoms with Crippen molar-refractivity contribution in [2.45, 2.75) is 26.2 Å². The van der Waals surface area contributed by atoms with E-state index in [4.69, 9.17) is 32.9 Å². The Kier molecular flexibility index (Phi) is 5.26. The Morgan fingerprint density at radius 2 is 1.89 bits per heavy atom. The number of hydrogen-bond acceptors (Lipinski definition) is 3. The van der Waals surface area contributed by atoms with Gasteiger partial charge in [0, 0.05) is 26.7 Å². The lowest BCUT2D eigenvalue weighted by atomic mass is 9.88. The maximum atomic E-state index is 10.0. The molecule has 1 aliphatic carbocycles. The molecule has 0 saturated heterocycles. The predicted octanol–water partition coefficient (Wildman–Crippen LogP) is 6.48. The summed E-state index contributed by atoms with van der Waals surface area (Å²) in [5, 5.41) is 11.1. The standard InChI is InChI=1S/C23H18Cl2N2O/c1-2-28-23-18(13-26)21(17-11-10-15(24)12-19(17)25)22-16-8-4-3-6-14(16)7-5-9-20(22)27-23/h3-4,6,8,10-12H,2,5,7,9H2,1H3. The summed E-state index contributed by atoms with van der Waals surface area (Å²) >= 11 is 12.7. The lowest BCUT2D eigenvalue weighted by Gasteiger charge is -2.19. The van der Waals surface area contributed by atoms with Gasteiger partial charge < -0.3 is 4.74 Å². The van der Waals surface area contributed by atoms with Crippen LogP contribution in [0.15, 0.2) is 42.5 Å². The van der Waals surface area contributed by atoms with E-state index >= 15 is 0 Å². The Bertz CT molecular complexity index is 1100. The van der Waals surface area contributed by atoms with Crippen LogP contribution >= 0.6 is 23.2 Å². The summed E-state index contributed by atoms with van der Waals surface area (Å²) in [6.45, 7) is 2.32. The summed E-state index contributed by atoms with van der Waals surface area (Å²) in [7, 11) is 0. The van der Waals surface area contributed by atoms with Gasteiger partial charge in [-0.05, 0) is 49.4 Å². The molecule has 1 aromatic heterocycles. The Labute approximate surface area is 174 Å². The van der Waals surface area contributed by atoms with Crippen molar-refractivity contribution < 1.29 is 4.74 Å². The van der Waals surface area contributed by atoms with Gasteiger partial charge in [0.15, 0.2) is 0 Å². The highest BCUT2D eigenvalue weighted by molar-refractivity contribution is 6.36. The van der Waals surface area contributed by atoms with E-state index in [2.05, 4.69) is 18.2 Å². The molecule has 0 amide bonds. The van der Waals surface area contributed by atoms with Crippen LogP contribution in [0.5, 0.6) is 5.88 Å². The molecule has 0 unspecified atom stereocenters.